The Morgan fingerprint density at radius 2 is 1.61 bits per heavy atom. The molecule has 1 N–H and O–H groups in total. The van der Waals surface area contributed by atoms with Crippen molar-refractivity contribution in [3.05, 3.63) is 11.6 Å². The van der Waals surface area contributed by atoms with Crippen molar-refractivity contribution in [2.45, 2.75) is 51.9 Å². The topological polar surface area (TPSA) is 155 Å². The van der Waals surface area contributed by atoms with Crippen LogP contribution in [0.15, 0.2) is 11.6 Å². The Labute approximate surface area is 136 Å². The van der Waals surface area contributed by atoms with Crippen LogP contribution in [0.25, 0.3) is 0 Å². The number of nitrogens with one attached hydrogen (secondary N) is 1. The summed E-state index contributed by atoms with van der Waals surface area (Å²) in [5.74, 6) is -0.289. The number of rotatable bonds is 10. The summed E-state index contributed by atoms with van der Waals surface area (Å²) in [5, 5.41) is -0.187. The SMILES string of the molecule is CC(C)=CCC[C@@H](C)CC(=O)NCCC(P(=O)([O-])[O-])P(=O)([O-])[O-]. The molecule has 0 heterocycles. The van der Waals surface area contributed by atoms with E-state index in [0.29, 0.717) is 0 Å². The third kappa shape index (κ3) is 10.8. The molecule has 0 saturated heterocycles. The molecule has 0 spiro atoms. The Morgan fingerprint density at radius 3 is 2.04 bits per heavy atom. The van der Waals surface area contributed by atoms with Crippen LogP contribution in [0.5, 0.6) is 0 Å². The van der Waals surface area contributed by atoms with E-state index < -0.39 is 27.0 Å². The van der Waals surface area contributed by atoms with Gasteiger partial charge in [0.2, 0.25) is 5.91 Å². The van der Waals surface area contributed by atoms with Crippen LogP contribution < -0.4 is 24.9 Å². The fourth-order valence-electron chi connectivity index (χ4n) is 1.98. The van der Waals surface area contributed by atoms with Gasteiger partial charge in [0.1, 0.15) is 0 Å². The van der Waals surface area contributed by atoms with E-state index in [2.05, 4.69) is 11.4 Å². The summed E-state index contributed by atoms with van der Waals surface area (Å²) >= 11 is 0. The molecular formula is C13H23NO7P2-4. The Bertz CT molecular complexity index is 482. The average molecular weight is 367 g/mol. The van der Waals surface area contributed by atoms with Gasteiger partial charge in [0, 0.05) is 18.4 Å². The Balaban J connectivity index is 4.26. The minimum absolute atomic E-state index is 0.0941. The lowest BCUT2D eigenvalue weighted by atomic mass is 10.0. The predicted molar refractivity (Wildman–Crippen MR) is 79.1 cm³/mol. The first-order chi connectivity index (χ1) is 10.3. The number of carbonyl (C=O) groups is 1. The third-order valence-corrected chi connectivity index (χ3v) is 6.87. The van der Waals surface area contributed by atoms with Crippen molar-refractivity contribution in [3.63, 3.8) is 0 Å². The lowest BCUT2D eigenvalue weighted by Crippen LogP contribution is -2.37. The van der Waals surface area contributed by atoms with Crippen molar-refractivity contribution >= 4 is 21.1 Å². The maximum atomic E-state index is 11.7. The van der Waals surface area contributed by atoms with Crippen LogP contribution in [0.4, 0.5) is 0 Å². The van der Waals surface area contributed by atoms with Crippen LogP contribution >= 0.6 is 15.2 Å². The molecule has 0 saturated carbocycles. The number of hydrogen-bond acceptors (Lipinski definition) is 7. The third-order valence-electron chi connectivity index (χ3n) is 3.20. The van der Waals surface area contributed by atoms with Crippen LogP contribution in [-0.2, 0) is 13.9 Å². The van der Waals surface area contributed by atoms with Gasteiger partial charge in [-0.25, -0.2) is 0 Å². The number of allylic oxidation sites excluding steroid dienone is 2. The lowest BCUT2D eigenvalue weighted by molar-refractivity contribution is -0.330. The molecule has 10 heteroatoms. The first kappa shape index (κ1) is 22.5. The van der Waals surface area contributed by atoms with E-state index in [9.17, 15) is 33.5 Å². The van der Waals surface area contributed by atoms with Crippen LogP contribution in [0.1, 0.15) is 46.5 Å². The maximum absolute atomic E-state index is 11.7. The predicted octanol–water partition coefficient (Wildman–Crippen LogP) is -0.581. The summed E-state index contributed by atoms with van der Waals surface area (Å²) in [7, 11) is -11.1. The molecular weight excluding hydrogens is 344 g/mol. The first-order valence-electron chi connectivity index (χ1n) is 7.27. The molecule has 0 unspecified atom stereocenters. The Kier molecular flexibility index (Phi) is 9.51. The summed E-state index contributed by atoms with van der Waals surface area (Å²) in [6.45, 7) is 5.48. The van der Waals surface area contributed by atoms with Gasteiger partial charge in [0.05, 0.1) is 0 Å². The molecule has 0 aromatic rings. The van der Waals surface area contributed by atoms with Gasteiger partial charge < -0.3 is 34.0 Å². The van der Waals surface area contributed by atoms with E-state index in [4.69, 9.17) is 0 Å². The van der Waals surface area contributed by atoms with Gasteiger partial charge in [-0.2, -0.15) is 0 Å². The van der Waals surface area contributed by atoms with E-state index in [1.54, 1.807) is 0 Å². The normalized spacial score (nSPS) is 13.7. The molecule has 8 nitrogen and oxygen atoms in total. The smallest absolute Gasteiger partial charge is 0.220 e. The minimum atomic E-state index is -5.56. The van der Waals surface area contributed by atoms with Crippen molar-refractivity contribution in [3.8, 4) is 0 Å². The van der Waals surface area contributed by atoms with E-state index >= 15 is 0 Å². The fourth-order valence-corrected chi connectivity index (χ4v) is 4.25. The average Bonchev–Trinajstić information content (AvgIpc) is 2.30. The molecule has 1 atom stereocenters. The van der Waals surface area contributed by atoms with Crippen molar-refractivity contribution in [2.75, 3.05) is 6.54 Å². The number of amides is 1. The maximum Gasteiger partial charge on any atom is 0.220 e. The van der Waals surface area contributed by atoms with E-state index in [1.165, 1.54) is 5.57 Å². The molecule has 0 aromatic carbocycles. The van der Waals surface area contributed by atoms with Gasteiger partial charge in [0.15, 0.2) is 0 Å². The molecule has 0 rings (SSSR count). The zero-order chi connectivity index (χ0) is 18.3. The van der Waals surface area contributed by atoms with Crippen LogP contribution in [0.2, 0.25) is 0 Å². The molecule has 23 heavy (non-hydrogen) atoms. The summed E-state index contributed by atoms with van der Waals surface area (Å²) in [6, 6.07) is 0. The standard InChI is InChI=1S/C13H27NO7P2/c1-10(2)5-4-6-11(3)9-12(15)14-8-7-13(22(16,17)18)23(19,20)21/h5,11,13H,4,6-9H2,1-3H3,(H,14,15)(H2,16,17,18)(H2,19,20,21)/p-4/t11-/m1/s1. The Hall–Kier alpha value is -0.490. The number of carbonyl (C=O) groups excluding carboxylic acids is 1. The van der Waals surface area contributed by atoms with E-state index in [-0.39, 0.29) is 24.8 Å². The summed E-state index contributed by atoms with van der Waals surface area (Å²) in [4.78, 5) is 54.8. The summed E-state index contributed by atoms with van der Waals surface area (Å²) in [5.41, 5.74) is 1.19. The lowest BCUT2D eigenvalue weighted by Gasteiger charge is -2.49. The highest BCUT2D eigenvalue weighted by atomic mass is 31.2. The molecule has 0 aliphatic heterocycles. The zero-order valence-corrected chi connectivity index (χ0v) is 15.3. The first-order valence-corrected chi connectivity index (χ1v) is 10.5. The van der Waals surface area contributed by atoms with E-state index in [1.807, 2.05) is 20.8 Å². The quantitative estimate of drug-likeness (QED) is 0.400. The van der Waals surface area contributed by atoms with Gasteiger partial charge in [-0.15, -0.1) is 0 Å². The molecule has 0 bridgehead atoms. The highest BCUT2D eigenvalue weighted by Gasteiger charge is 2.17. The van der Waals surface area contributed by atoms with Crippen molar-refractivity contribution < 1.29 is 33.5 Å². The van der Waals surface area contributed by atoms with Gasteiger partial charge in [-0.3, -0.25) is 4.79 Å². The monoisotopic (exact) mass is 367 g/mol. The van der Waals surface area contributed by atoms with Crippen LogP contribution in [0.3, 0.4) is 0 Å². The largest absolute Gasteiger partial charge is 0.810 e. The van der Waals surface area contributed by atoms with Crippen molar-refractivity contribution in [1.29, 1.82) is 0 Å². The molecule has 0 aliphatic rings. The second kappa shape index (κ2) is 9.72. The molecule has 0 aliphatic carbocycles. The molecule has 0 fully saturated rings. The summed E-state index contributed by atoms with van der Waals surface area (Å²) in [6.07, 6.45) is 3.16. The molecule has 1 amide bonds. The second-order valence-corrected chi connectivity index (χ2v) is 9.68. The van der Waals surface area contributed by atoms with Gasteiger partial charge >= 0.3 is 0 Å². The molecule has 0 aromatic heterocycles. The Morgan fingerprint density at radius 1 is 1.09 bits per heavy atom. The van der Waals surface area contributed by atoms with E-state index in [0.717, 1.165) is 12.8 Å². The fraction of sp³-hybridized carbons (Fsp3) is 0.769. The van der Waals surface area contributed by atoms with Gasteiger partial charge in [0.25, 0.3) is 0 Å². The minimum Gasteiger partial charge on any atom is -0.810 e. The van der Waals surface area contributed by atoms with Crippen molar-refractivity contribution in [2.24, 2.45) is 5.92 Å². The van der Waals surface area contributed by atoms with Crippen LogP contribution in [-0.4, -0.2) is 17.9 Å². The molecule has 0 radical (unpaired) electrons. The van der Waals surface area contributed by atoms with Gasteiger partial charge in [-0.05, 0) is 39.0 Å². The second-order valence-electron chi connectivity index (χ2n) is 5.87. The van der Waals surface area contributed by atoms with Gasteiger partial charge in [-0.1, -0.05) is 33.8 Å². The molecule has 136 valence electrons. The highest BCUT2D eigenvalue weighted by molar-refractivity contribution is 7.68. The highest BCUT2D eigenvalue weighted by Crippen LogP contribution is 2.51. The van der Waals surface area contributed by atoms with Crippen molar-refractivity contribution in [1.82, 2.24) is 5.32 Å². The summed E-state index contributed by atoms with van der Waals surface area (Å²) < 4.78 is 21.6. The zero-order valence-electron chi connectivity index (χ0n) is 13.5. The van der Waals surface area contributed by atoms with Crippen LogP contribution in [0, 0.1) is 5.92 Å². The number of hydrogen-bond donors (Lipinski definition) is 1.